The minimum absolute atomic E-state index is 0.0383. The third-order valence-electron chi connectivity index (χ3n) is 4.19. The topological polar surface area (TPSA) is 95.5 Å². The lowest BCUT2D eigenvalue weighted by Gasteiger charge is -2.16. The third kappa shape index (κ3) is 5.55. The number of halogens is 1. The molecule has 0 bridgehead atoms. The van der Waals surface area contributed by atoms with Gasteiger partial charge in [0.25, 0.3) is 0 Å². The molecule has 2 unspecified atom stereocenters. The van der Waals surface area contributed by atoms with Crippen LogP contribution in [0.1, 0.15) is 38.2 Å². The molecular weight excluding hydrogens is 327 g/mol. The Bertz CT molecular complexity index is 645. The first kappa shape index (κ1) is 18.9. The SMILES string of the molecule is CC(C)C[C@H](NC(=O)CNC(=O)C1CC1c1ccc(F)cc1)C(=O)O. The highest BCUT2D eigenvalue weighted by atomic mass is 19.1. The summed E-state index contributed by atoms with van der Waals surface area (Å²) in [4.78, 5) is 35.0. The first-order chi connectivity index (χ1) is 11.8. The second-order valence-corrected chi connectivity index (χ2v) is 6.81. The maximum absolute atomic E-state index is 12.9. The number of hydrogen-bond donors (Lipinski definition) is 3. The van der Waals surface area contributed by atoms with Crippen molar-refractivity contribution in [3.63, 3.8) is 0 Å². The number of carboxylic acid groups (broad SMARTS) is 1. The standard InChI is InChI=1S/C18H23FN2O4/c1-10(2)7-15(18(24)25)21-16(22)9-20-17(23)14-8-13(14)11-3-5-12(19)6-4-11/h3-6,10,13-15H,7-9H2,1-2H3,(H,20,23)(H,21,22)(H,24,25)/t13?,14?,15-/m0/s1. The van der Waals surface area contributed by atoms with Crippen molar-refractivity contribution in [3.8, 4) is 0 Å². The second kappa shape index (κ2) is 8.09. The van der Waals surface area contributed by atoms with E-state index in [9.17, 15) is 18.8 Å². The van der Waals surface area contributed by atoms with Crippen LogP contribution in [-0.4, -0.2) is 35.5 Å². The minimum atomic E-state index is -1.09. The van der Waals surface area contributed by atoms with Crippen LogP contribution in [0.15, 0.2) is 24.3 Å². The van der Waals surface area contributed by atoms with E-state index in [1.165, 1.54) is 12.1 Å². The van der Waals surface area contributed by atoms with Crippen LogP contribution in [0.25, 0.3) is 0 Å². The van der Waals surface area contributed by atoms with E-state index in [1.807, 2.05) is 13.8 Å². The molecule has 7 heteroatoms. The van der Waals surface area contributed by atoms with E-state index >= 15 is 0 Å². The molecule has 1 fully saturated rings. The molecule has 0 saturated heterocycles. The summed E-state index contributed by atoms with van der Waals surface area (Å²) in [6.45, 7) is 3.48. The maximum Gasteiger partial charge on any atom is 0.326 e. The van der Waals surface area contributed by atoms with Crippen molar-refractivity contribution in [2.24, 2.45) is 11.8 Å². The molecule has 1 aromatic carbocycles. The molecule has 1 saturated carbocycles. The number of hydrogen-bond acceptors (Lipinski definition) is 3. The molecule has 25 heavy (non-hydrogen) atoms. The highest BCUT2D eigenvalue weighted by Crippen LogP contribution is 2.47. The Hall–Kier alpha value is -2.44. The van der Waals surface area contributed by atoms with Crippen molar-refractivity contribution < 1.29 is 23.9 Å². The third-order valence-corrected chi connectivity index (χ3v) is 4.19. The van der Waals surface area contributed by atoms with Crippen molar-refractivity contribution in [1.29, 1.82) is 0 Å². The lowest BCUT2D eigenvalue weighted by atomic mass is 10.0. The number of amides is 2. The molecule has 6 nitrogen and oxygen atoms in total. The van der Waals surface area contributed by atoms with Gasteiger partial charge in [0.05, 0.1) is 6.54 Å². The quantitative estimate of drug-likeness (QED) is 0.664. The van der Waals surface area contributed by atoms with Gasteiger partial charge >= 0.3 is 5.97 Å². The van der Waals surface area contributed by atoms with Gasteiger partial charge in [0, 0.05) is 5.92 Å². The normalized spacial score (nSPS) is 20.0. The van der Waals surface area contributed by atoms with Gasteiger partial charge in [0.15, 0.2) is 0 Å². The van der Waals surface area contributed by atoms with Crippen LogP contribution in [0.5, 0.6) is 0 Å². The van der Waals surface area contributed by atoms with Gasteiger partial charge in [-0.3, -0.25) is 9.59 Å². The van der Waals surface area contributed by atoms with Crippen molar-refractivity contribution in [1.82, 2.24) is 10.6 Å². The van der Waals surface area contributed by atoms with Crippen LogP contribution in [0.3, 0.4) is 0 Å². The Morgan fingerprint density at radius 2 is 1.88 bits per heavy atom. The van der Waals surface area contributed by atoms with E-state index in [0.29, 0.717) is 12.8 Å². The molecule has 1 aromatic rings. The molecule has 3 atom stereocenters. The predicted molar refractivity (Wildman–Crippen MR) is 89.3 cm³/mol. The monoisotopic (exact) mass is 350 g/mol. The first-order valence-electron chi connectivity index (χ1n) is 8.33. The molecule has 0 spiro atoms. The Balaban J connectivity index is 1.77. The molecule has 2 amide bonds. The smallest absolute Gasteiger partial charge is 0.326 e. The highest BCUT2D eigenvalue weighted by Gasteiger charge is 2.43. The first-order valence-corrected chi connectivity index (χ1v) is 8.33. The molecule has 1 aliphatic rings. The summed E-state index contributed by atoms with van der Waals surface area (Å²) in [6, 6.07) is 5.07. The van der Waals surface area contributed by atoms with E-state index in [4.69, 9.17) is 5.11 Å². The number of benzene rings is 1. The summed E-state index contributed by atoms with van der Waals surface area (Å²) in [5, 5.41) is 14.1. The van der Waals surface area contributed by atoms with Crippen LogP contribution < -0.4 is 10.6 Å². The summed E-state index contributed by atoms with van der Waals surface area (Å²) >= 11 is 0. The van der Waals surface area contributed by atoms with Crippen molar-refractivity contribution in [2.45, 2.75) is 38.6 Å². The summed E-state index contributed by atoms with van der Waals surface area (Å²) < 4.78 is 12.9. The van der Waals surface area contributed by atoms with E-state index in [0.717, 1.165) is 5.56 Å². The largest absolute Gasteiger partial charge is 0.480 e. The number of nitrogens with one attached hydrogen (secondary N) is 2. The number of carbonyl (C=O) groups is 3. The molecule has 0 radical (unpaired) electrons. The van der Waals surface area contributed by atoms with Gasteiger partial charge in [-0.15, -0.1) is 0 Å². The number of carboxylic acids is 1. The zero-order valence-corrected chi connectivity index (χ0v) is 14.3. The van der Waals surface area contributed by atoms with Crippen molar-refractivity contribution >= 4 is 17.8 Å². The van der Waals surface area contributed by atoms with Gasteiger partial charge in [-0.2, -0.15) is 0 Å². The van der Waals surface area contributed by atoms with Crippen LogP contribution in [0.4, 0.5) is 4.39 Å². The van der Waals surface area contributed by atoms with Gasteiger partial charge in [0.2, 0.25) is 11.8 Å². The fourth-order valence-corrected chi connectivity index (χ4v) is 2.80. The fourth-order valence-electron chi connectivity index (χ4n) is 2.80. The highest BCUT2D eigenvalue weighted by molar-refractivity contribution is 5.89. The Morgan fingerprint density at radius 1 is 1.24 bits per heavy atom. The van der Waals surface area contributed by atoms with E-state index < -0.39 is 17.9 Å². The zero-order valence-electron chi connectivity index (χ0n) is 14.3. The van der Waals surface area contributed by atoms with Crippen molar-refractivity contribution in [2.75, 3.05) is 6.54 Å². The average molecular weight is 350 g/mol. The summed E-state index contributed by atoms with van der Waals surface area (Å²) in [6.07, 6.45) is 0.981. The number of rotatable bonds is 8. The van der Waals surface area contributed by atoms with Gasteiger partial charge in [-0.1, -0.05) is 26.0 Å². The minimum Gasteiger partial charge on any atom is -0.480 e. The lowest BCUT2D eigenvalue weighted by molar-refractivity contribution is -0.142. The van der Waals surface area contributed by atoms with Crippen LogP contribution >= 0.6 is 0 Å². The van der Waals surface area contributed by atoms with Gasteiger partial charge in [0.1, 0.15) is 11.9 Å². The van der Waals surface area contributed by atoms with Gasteiger partial charge < -0.3 is 15.7 Å². The Labute approximate surface area is 145 Å². The molecule has 0 aliphatic heterocycles. The van der Waals surface area contributed by atoms with E-state index in [-0.39, 0.29) is 36.0 Å². The summed E-state index contributed by atoms with van der Waals surface area (Å²) in [7, 11) is 0. The molecule has 3 N–H and O–H groups in total. The number of aliphatic carboxylic acids is 1. The van der Waals surface area contributed by atoms with Crippen LogP contribution in [-0.2, 0) is 14.4 Å². The molecule has 136 valence electrons. The van der Waals surface area contributed by atoms with Gasteiger partial charge in [-0.25, -0.2) is 9.18 Å². The Kier molecular flexibility index (Phi) is 6.12. The van der Waals surface area contributed by atoms with E-state index in [2.05, 4.69) is 10.6 Å². The maximum atomic E-state index is 12.9. The molecule has 2 rings (SSSR count). The molecule has 0 heterocycles. The van der Waals surface area contributed by atoms with Crippen LogP contribution in [0, 0.1) is 17.7 Å². The lowest BCUT2D eigenvalue weighted by Crippen LogP contribution is -2.46. The zero-order chi connectivity index (χ0) is 18.6. The fraction of sp³-hybridized carbons (Fsp3) is 0.500. The molecule has 1 aliphatic carbocycles. The van der Waals surface area contributed by atoms with Gasteiger partial charge in [-0.05, 0) is 42.4 Å². The predicted octanol–water partition coefficient (Wildman–Crippen LogP) is 1.66. The molecular formula is C18H23FN2O4. The summed E-state index contributed by atoms with van der Waals surface area (Å²) in [5.74, 6) is -2.26. The van der Waals surface area contributed by atoms with Crippen molar-refractivity contribution in [3.05, 3.63) is 35.6 Å². The summed E-state index contributed by atoms with van der Waals surface area (Å²) in [5.41, 5.74) is 0.897. The molecule has 0 aromatic heterocycles. The van der Waals surface area contributed by atoms with E-state index in [1.54, 1.807) is 12.1 Å². The van der Waals surface area contributed by atoms with Crippen LogP contribution in [0.2, 0.25) is 0 Å². The Morgan fingerprint density at radius 3 is 2.44 bits per heavy atom. The average Bonchev–Trinajstić information content (AvgIpc) is 3.33. The number of carbonyl (C=O) groups excluding carboxylic acids is 2. The second-order valence-electron chi connectivity index (χ2n) is 6.81.